The Balaban J connectivity index is 1.71. The van der Waals surface area contributed by atoms with E-state index < -0.39 is 5.97 Å². The van der Waals surface area contributed by atoms with E-state index in [0.717, 1.165) is 19.4 Å². The molecule has 1 aromatic carbocycles. The molecule has 0 unspecified atom stereocenters. The summed E-state index contributed by atoms with van der Waals surface area (Å²) in [4.78, 5) is 25.8. The number of hydrogen-bond donors (Lipinski definition) is 1. The van der Waals surface area contributed by atoms with Crippen LogP contribution in [0.25, 0.3) is 0 Å². The van der Waals surface area contributed by atoms with E-state index >= 15 is 0 Å². The molecule has 4 nitrogen and oxygen atoms in total. The Labute approximate surface area is 124 Å². The summed E-state index contributed by atoms with van der Waals surface area (Å²) in [6, 6.07) is 10.3. The van der Waals surface area contributed by atoms with Crippen LogP contribution in [0.3, 0.4) is 0 Å². The molecule has 0 bridgehead atoms. The van der Waals surface area contributed by atoms with Crippen LogP contribution in [0.4, 0.5) is 0 Å². The Kier molecular flexibility index (Phi) is 3.95. The first-order valence-electron chi connectivity index (χ1n) is 7.75. The van der Waals surface area contributed by atoms with E-state index in [-0.39, 0.29) is 23.8 Å². The second kappa shape index (κ2) is 5.88. The number of carboxylic acid groups (broad SMARTS) is 1. The first-order chi connectivity index (χ1) is 10.2. The van der Waals surface area contributed by atoms with Crippen molar-refractivity contribution in [2.45, 2.75) is 38.1 Å². The van der Waals surface area contributed by atoms with E-state index in [0.29, 0.717) is 19.3 Å². The Hall–Kier alpha value is -1.84. The van der Waals surface area contributed by atoms with E-state index in [4.69, 9.17) is 5.11 Å². The minimum atomic E-state index is -0.758. The van der Waals surface area contributed by atoms with E-state index in [1.807, 2.05) is 23.1 Å². The lowest BCUT2D eigenvalue weighted by Crippen LogP contribution is -2.35. The molecule has 2 fully saturated rings. The summed E-state index contributed by atoms with van der Waals surface area (Å²) in [6.07, 6.45) is 3.89. The van der Waals surface area contributed by atoms with Gasteiger partial charge in [0.25, 0.3) is 0 Å². The van der Waals surface area contributed by atoms with Crippen molar-refractivity contribution in [3.8, 4) is 0 Å². The van der Waals surface area contributed by atoms with Gasteiger partial charge < -0.3 is 10.0 Å². The third-order valence-electron chi connectivity index (χ3n) is 4.85. The summed E-state index contributed by atoms with van der Waals surface area (Å²) in [5, 5.41) is 9.08. The summed E-state index contributed by atoms with van der Waals surface area (Å²) < 4.78 is 0. The first kappa shape index (κ1) is 14.1. The molecule has 1 N–H and O–H groups in total. The number of aliphatic carboxylic acids is 1. The van der Waals surface area contributed by atoms with Gasteiger partial charge in [0.05, 0.1) is 12.0 Å². The molecule has 1 saturated heterocycles. The summed E-state index contributed by atoms with van der Waals surface area (Å²) in [5.74, 6) is -1.04. The van der Waals surface area contributed by atoms with Gasteiger partial charge in [-0.3, -0.25) is 9.59 Å². The topological polar surface area (TPSA) is 57.6 Å². The Morgan fingerprint density at radius 2 is 1.76 bits per heavy atom. The van der Waals surface area contributed by atoms with Crippen molar-refractivity contribution in [2.24, 2.45) is 11.8 Å². The summed E-state index contributed by atoms with van der Waals surface area (Å²) in [5.41, 5.74) is 1.19. The number of carboxylic acids is 1. The van der Waals surface area contributed by atoms with Crippen LogP contribution in [0.5, 0.6) is 0 Å². The van der Waals surface area contributed by atoms with E-state index in [9.17, 15) is 9.59 Å². The number of carbonyl (C=O) groups excluding carboxylic acids is 1. The second-order valence-corrected chi connectivity index (χ2v) is 6.15. The number of carbonyl (C=O) groups is 2. The van der Waals surface area contributed by atoms with E-state index in [1.165, 1.54) is 5.56 Å². The molecular weight excluding hydrogens is 266 g/mol. The third-order valence-corrected chi connectivity index (χ3v) is 4.85. The zero-order valence-electron chi connectivity index (χ0n) is 12.1. The van der Waals surface area contributed by atoms with Gasteiger partial charge in [0, 0.05) is 12.5 Å². The quantitative estimate of drug-likeness (QED) is 0.930. The maximum Gasteiger partial charge on any atom is 0.306 e. The average Bonchev–Trinajstić information content (AvgIpc) is 3.17. The van der Waals surface area contributed by atoms with Crippen molar-refractivity contribution in [3.63, 3.8) is 0 Å². The van der Waals surface area contributed by atoms with Gasteiger partial charge in [-0.1, -0.05) is 30.3 Å². The molecule has 0 radical (unpaired) electrons. The van der Waals surface area contributed by atoms with Crippen LogP contribution in [-0.4, -0.2) is 28.4 Å². The molecule has 3 atom stereocenters. The minimum Gasteiger partial charge on any atom is -0.481 e. The van der Waals surface area contributed by atoms with Gasteiger partial charge in [0.15, 0.2) is 0 Å². The van der Waals surface area contributed by atoms with Crippen molar-refractivity contribution < 1.29 is 14.7 Å². The molecule has 1 amide bonds. The van der Waals surface area contributed by atoms with Gasteiger partial charge in [0.2, 0.25) is 5.91 Å². The van der Waals surface area contributed by atoms with Crippen LogP contribution in [0.1, 0.15) is 43.7 Å². The van der Waals surface area contributed by atoms with Gasteiger partial charge in [-0.15, -0.1) is 0 Å². The molecule has 1 aliphatic heterocycles. The zero-order chi connectivity index (χ0) is 14.8. The highest BCUT2D eigenvalue weighted by Gasteiger charge is 2.39. The third kappa shape index (κ3) is 2.80. The molecule has 0 spiro atoms. The van der Waals surface area contributed by atoms with Crippen molar-refractivity contribution >= 4 is 11.9 Å². The molecule has 0 aromatic heterocycles. The highest BCUT2D eigenvalue weighted by Crippen LogP contribution is 2.38. The fourth-order valence-electron chi connectivity index (χ4n) is 3.72. The van der Waals surface area contributed by atoms with Crippen molar-refractivity contribution in [3.05, 3.63) is 35.9 Å². The SMILES string of the molecule is O=C(O)[C@@H]1CC[C@H](C(=O)N2CCC[C@H]2c2ccccc2)C1. The molecule has 1 heterocycles. The normalized spacial score (nSPS) is 28.8. The average molecular weight is 287 g/mol. The minimum absolute atomic E-state index is 0.101. The van der Waals surface area contributed by atoms with Crippen LogP contribution in [0.15, 0.2) is 30.3 Å². The first-order valence-corrected chi connectivity index (χ1v) is 7.75. The number of benzene rings is 1. The lowest BCUT2D eigenvalue weighted by Gasteiger charge is -2.27. The molecule has 21 heavy (non-hydrogen) atoms. The molecule has 112 valence electrons. The molecule has 3 rings (SSSR count). The zero-order valence-corrected chi connectivity index (χ0v) is 12.1. The molecule has 1 aliphatic carbocycles. The molecule has 4 heteroatoms. The second-order valence-electron chi connectivity index (χ2n) is 6.15. The summed E-state index contributed by atoms with van der Waals surface area (Å²) in [7, 11) is 0. The fourth-order valence-corrected chi connectivity index (χ4v) is 3.72. The number of rotatable bonds is 3. The van der Waals surface area contributed by atoms with Crippen molar-refractivity contribution in [2.75, 3.05) is 6.54 Å². The molecule has 1 aromatic rings. The van der Waals surface area contributed by atoms with E-state index in [1.54, 1.807) is 0 Å². The van der Waals surface area contributed by atoms with Crippen LogP contribution in [-0.2, 0) is 9.59 Å². The lowest BCUT2D eigenvalue weighted by atomic mass is 10.0. The predicted octanol–water partition coefficient (Wildman–Crippen LogP) is 2.85. The molecular formula is C17H21NO3. The lowest BCUT2D eigenvalue weighted by molar-refractivity contribution is -0.141. The largest absolute Gasteiger partial charge is 0.481 e. The Bertz CT molecular complexity index is 528. The van der Waals surface area contributed by atoms with Crippen molar-refractivity contribution in [1.82, 2.24) is 4.90 Å². The Morgan fingerprint density at radius 1 is 1.05 bits per heavy atom. The van der Waals surface area contributed by atoms with Crippen LogP contribution in [0, 0.1) is 11.8 Å². The molecule has 1 saturated carbocycles. The smallest absolute Gasteiger partial charge is 0.306 e. The number of hydrogen-bond acceptors (Lipinski definition) is 2. The highest BCUT2D eigenvalue weighted by atomic mass is 16.4. The maximum atomic E-state index is 12.7. The van der Waals surface area contributed by atoms with Gasteiger partial charge >= 0.3 is 5.97 Å². The number of likely N-dealkylation sites (tertiary alicyclic amines) is 1. The van der Waals surface area contributed by atoms with Crippen LogP contribution >= 0.6 is 0 Å². The van der Waals surface area contributed by atoms with Gasteiger partial charge in [-0.05, 0) is 37.7 Å². The summed E-state index contributed by atoms with van der Waals surface area (Å²) >= 11 is 0. The number of amides is 1. The van der Waals surface area contributed by atoms with Crippen LogP contribution in [0.2, 0.25) is 0 Å². The van der Waals surface area contributed by atoms with Crippen molar-refractivity contribution in [1.29, 1.82) is 0 Å². The van der Waals surface area contributed by atoms with Gasteiger partial charge in [0.1, 0.15) is 0 Å². The molecule has 2 aliphatic rings. The van der Waals surface area contributed by atoms with Gasteiger partial charge in [-0.2, -0.15) is 0 Å². The Morgan fingerprint density at radius 3 is 2.43 bits per heavy atom. The number of nitrogens with zero attached hydrogens (tertiary/aromatic N) is 1. The summed E-state index contributed by atoms with van der Waals surface area (Å²) in [6.45, 7) is 0.798. The van der Waals surface area contributed by atoms with E-state index in [2.05, 4.69) is 12.1 Å². The predicted molar refractivity (Wildman–Crippen MR) is 78.6 cm³/mol. The monoisotopic (exact) mass is 287 g/mol. The van der Waals surface area contributed by atoms with Crippen LogP contribution < -0.4 is 0 Å². The van der Waals surface area contributed by atoms with Gasteiger partial charge in [-0.25, -0.2) is 0 Å². The standard InChI is InChI=1S/C17H21NO3/c19-16(13-8-9-14(11-13)17(20)21)18-10-4-7-15(18)12-5-2-1-3-6-12/h1-3,5-6,13-15H,4,7-11H2,(H,20,21)/t13-,14+,15-/m0/s1. The maximum absolute atomic E-state index is 12.7. The fraction of sp³-hybridized carbons (Fsp3) is 0.529. The highest BCUT2D eigenvalue weighted by molar-refractivity contribution is 5.81.